The summed E-state index contributed by atoms with van der Waals surface area (Å²) in [6.07, 6.45) is -1.94. The van der Waals surface area contributed by atoms with Crippen molar-refractivity contribution < 1.29 is 32.1 Å². The quantitative estimate of drug-likeness (QED) is 0.362. The third-order valence-corrected chi connectivity index (χ3v) is 10.0. The molecule has 0 spiro atoms. The molecule has 2 aliphatic heterocycles. The molecule has 2 aliphatic rings. The Kier molecular flexibility index (Phi) is 9.16. The molecule has 5 rings (SSSR count). The summed E-state index contributed by atoms with van der Waals surface area (Å²) in [5.74, 6) is -0.139. The minimum absolute atomic E-state index is 0.139. The number of thioether (sulfide) groups is 1. The minimum atomic E-state index is -3.53. The van der Waals surface area contributed by atoms with E-state index in [0.29, 0.717) is 13.2 Å². The Bertz CT molecular complexity index is 1240. The number of rotatable bonds is 10. The van der Waals surface area contributed by atoms with E-state index in [0.717, 1.165) is 11.1 Å². The molecule has 0 amide bonds. The van der Waals surface area contributed by atoms with Crippen LogP contribution in [0.15, 0.2) is 95.9 Å². The lowest BCUT2D eigenvalue weighted by atomic mass is 10.0. The van der Waals surface area contributed by atoms with Gasteiger partial charge in [0.05, 0.1) is 41.8 Å². The van der Waals surface area contributed by atoms with Crippen molar-refractivity contribution >= 4 is 21.6 Å². The van der Waals surface area contributed by atoms with Gasteiger partial charge in [-0.05, 0) is 23.3 Å². The van der Waals surface area contributed by atoms with E-state index >= 15 is 0 Å². The summed E-state index contributed by atoms with van der Waals surface area (Å²) in [4.78, 5) is 0.284. The van der Waals surface area contributed by atoms with Crippen molar-refractivity contribution in [2.75, 3.05) is 19.5 Å². The molecule has 2 fully saturated rings. The molecule has 2 saturated heterocycles. The summed E-state index contributed by atoms with van der Waals surface area (Å²) in [5, 5.41) is -0.212. The van der Waals surface area contributed by atoms with Gasteiger partial charge in [0, 0.05) is 7.11 Å². The van der Waals surface area contributed by atoms with Gasteiger partial charge in [0.25, 0.3) is 0 Å². The van der Waals surface area contributed by atoms with Crippen LogP contribution in [-0.2, 0) is 46.7 Å². The van der Waals surface area contributed by atoms with Crippen molar-refractivity contribution in [1.82, 2.24) is 0 Å². The predicted molar refractivity (Wildman–Crippen MR) is 145 cm³/mol. The molecule has 0 aliphatic carbocycles. The molecule has 9 heteroatoms. The highest BCUT2D eigenvalue weighted by Gasteiger charge is 2.51. The molecule has 3 aromatic rings. The summed E-state index contributed by atoms with van der Waals surface area (Å²) >= 11 is 1.43. The van der Waals surface area contributed by atoms with E-state index in [1.54, 1.807) is 37.4 Å². The minimum Gasteiger partial charge on any atom is -0.369 e. The lowest BCUT2D eigenvalue weighted by molar-refractivity contribution is -0.285. The topological polar surface area (TPSA) is 80.3 Å². The summed E-state index contributed by atoms with van der Waals surface area (Å²) in [7, 11) is -1.94. The molecule has 0 bridgehead atoms. The molecule has 7 nitrogen and oxygen atoms in total. The Balaban J connectivity index is 1.36. The number of fused-ring (bicyclic) bond motifs is 1. The standard InChI is InChI=1S/C29H32O7S2/c1-32-29-27(35-18-22-13-7-3-8-14-22)26(34-17-21-11-5-2-6-12-21)28-24(36-29)19-33-25(37-28)20-38(30,31)23-15-9-4-10-16-23/h2-16,24-29H,17-20H2,1H3/t24-,25?,26-,27-,28-,29+/m1/s1. The molecular weight excluding hydrogens is 524 g/mol. The lowest BCUT2D eigenvalue weighted by Crippen LogP contribution is -2.61. The van der Waals surface area contributed by atoms with Gasteiger partial charge in [-0.3, -0.25) is 0 Å². The maximum atomic E-state index is 13.1. The van der Waals surface area contributed by atoms with E-state index < -0.39 is 33.8 Å². The van der Waals surface area contributed by atoms with E-state index in [2.05, 4.69) is 0 Å². The second-order valence-electron chi connectivity index (χ2n) is 9.26. The van der Waals surface area contributed by atoms with Gasteiger partial charge in [0.2, 0.25) is 0 Å². The Labute approximate surface area is 228 Å². The van der Waals surface area contributed by atoms with Crippen molar-refractivity contribution in [3.05, 3.63) is 102 Å². The molecule has 2 heterocycles. The van der Waals surface area contributed by atoms with Crippen molar-refractivity contribution in [2.24, 2.45) is 0 Å². The van der Waals surface area contributed by atoms with Crippen molar-refractivity contribution in [1.29, 1.82) is 0 Å². The van der Waals surface area contributed by atoms with E-state index in [1.165, 1.54) is 11.8 Å². The number of benzene rings is 3. The molecule has 3 aromatic carbocycles. The summed E-state index contributed by atoms with van der Waals surface area (Å²) in [6.45, 7) is 0.984. The first-order valence-corrected chi connectivity index (χ1v) is 15.2. The number of methoxy groups -OCH3 is 1. The van der Waals surface area contributed by atoms with Crippen LogP contribution in [0.25, 0.3) is 0 Å². The van der Waals surface area contributed by atoms with Gasteiger partial charge in [-0.25, -0.2) is 8.42 Å². The van der Waals surface area contributed by atoms with Crippen LogP contribution in [0.4, 0.5) is 0 Å². The molecule has 202 valence electrons. The maximum Gasteiger partial charge on any atom is 0.186 e. The highest BCUT2D eigenvalue weighted by molar-refractivity contribution is 8.01. The van der Waals surface area contributed by atoms with Gasteiger partial charge in [-0.2, -0.15) is 0 Å². The fraction of sp³-hybridized carbons (Fsp3) is 0.379. The highest BCUT2D eigenvalue weighted by Crippen LogP contribution is 2.41. The van der Waals surface area contributed by atoms with E-state index in [4.69, 9.17) is 23.7 Å². The van der Waals surface area contributed by atoms with E-state index in [-0.39, 0.29) is 28.6 Å². The first-order chi connectivity index (χ1) is 18.5. The van der Waals surface area contributed by atoms with E-state index in [9.17, 15) is 8.42 Å². The lowest BCUT2D eigenvalue weighted by Gasteiger charge is -2.48. The summed E-state index contributed by atoms with van der Waals surface area (Å²) in [5.41, 5.74) is 1.49. The van der Waals surface area contributed by atoms with Gasteiger partial charge in [0.15, 0.2) is 16.1 Å². The van der Waals surface area contributed by atoms with Crippen molar-refractivity contribution in [3.63, 3.8) is 0 Å². The zero-order chi connectivity index (χ0) is 26.4. The summed E-state index contributed by atoms with van der Waals surface area (Å²) in [6, 6.07) is 28.3. The first kappa shape index (κ1) is 27.3. The van der Waals surface area contributed by atoms with Crippen molar-refractivity contribution in [2.45, 2.75) is 53.4 Å². The van der Waals surface area contributed by atoms with Crippen LogP contribution >= 0.6 is 11.8 Å². The normalized spacial score (nSPS) is 27.5. The van der Waals surface area contributed by atoms with Crippen molar-refractivity contribution in [3.8, 4) is 0 Å². The Morgan fingerprint density at radius 1 is 0.816 bits per heavy atom. The third-order valence-electron chi connectivity index (χ3n) is 6.61. The van der Waals surface area contributed by atoms with Gasteiger partial charge in [-0.15, -0.1) is 11.8 Å². The number of hydrogen-bond donors (Lipinski definition) is 0. The van der Waals surface area contributed by atoms with Crippen LogP contribution < -0.4 is 0 Å². The molecule has 0 aromatic heterocycles. The molecule has 38 heavy (non-hydrogen) atoms. The van der Waals surface area contributed by atoms with Gasteiger partial charge < -0.3 is 23.7 Å². The second kappa shape index (κ2) is 12.7. The fourth-order valence-corrected chi connectivity index (χ4v) is 7.96. The SMILES string of the molecule is CO[C@H]1O[C@@H]2COC(CS(=O)(=O)c3ccccc3)S[C@H]2[C@H](OCc2ccccc2)[C@H]1OCc1ccccc1. The maximum absolute atomic E-state index is 13.1. The smallest absolute Gasteiger partial charge is 0.186 e. The third kappa shape index (κ3) is 6.66. The Morgan fingerprint density at radius 2 is 1.37 bits per heavy atom. The number of ether oxygens (including phenoxy) is 5. The highest BCUT2D eigenvalue weighted by atomic mass is 32.2. The monoisotopic (exact) mass is 556 g/mol. The average Bonchev–Trinajstić information content (AvgIpc) is 2.96. The Hall–Kier alpha value is -2.24. The Morgan fingerprint density at radius 3 is 1.95 bits per heavy atom. The molecule has 1 unspecified atom stereocenters. The first-order valence-electron chi connectivity index (χ1n) is 12.6. The molecule has 0 radical (unpaired) electrons. The van der Waals surface area contributed by atoms with Crippen LogP contribution in [0.1, 0.15) is 11.1 Å². The van der Waals surface area contributed by atoms with Gasteiger partial charge in [-0.1, -0.05) is 78.9 Å². The molecular formula is C29H32O7S2. The van der Waals surface area contributed by atoms with E-state index in [1.807, 2.05) is 60.7 Å². The molecule has 6 atom stereocenters. The van der Waals surface area contributed by atoms with Crippen LogP contribution in [0.3, 0.4) is 0 Å². The average molecular weight is 557 g/mol. The zero-order valence-corrected chi connectivity index (χ0v) is 22.8. The van der Waals surface area contributed by atoms with Crippen LogP contribution in [0, 0.1) is 0 Å². The van der Waals surface area contributed by atoms with Crippen LogP contribution in [-0.4, -0.2) is 63.2 Å². The molecule has 0 N–H and O–H groups in total. The van der Waals surface area contributed by atoms with Gasteiger partial charge >= 0.3 is 0 Å². The van der Waals surface area contributed by atoms with Crippen LogP contribution in [0.2, 0.25) is 0 Å². The fourth-order valence-electron chi connectivity index (χ4n) is 4.67. The predicted octanol–water partition coefficient (Wildman–Crippen LogP) is 4.46. The van der Waals surface area contributed by atoms with Crippen LogP contribution in [0.5, 0.6) is 0 Å². The summed E-state index contributed by atoms with van der Waals surface area (Å²) < 4.78 is 57.0. The zero-order valence-electron chi connectivity index (χ0n) is 21.1. The largest absolute Gasteiger partial charge is 0.369 e. The number of hydrogen-bond acceptors (Lipinski definition) is 8. The number of sulfone groups is 1. The molecule has 0 saturated carbocycles. The van der Waals surface area contributed by atoms with Gasteiger partial charge in [0.1, 0.15) is 17.6 Å². The second-order valence-corrected chi connectivity index (χ2v) is 12.6.